The van der Waals surface area contributed by atoms with Gasteiger partial charge in [0.25, 0.3) is 0 Å². The van der Waals surface area contributed by atoms with E-state index in [4.69, 9.17) is 11.6 Å². The molecule has 2 rings (SSSR count). The van der Waals surface area contributed by atoms with Crippen LogP contribution in [0, 0.1) is 5.82 Å². The van der Waals surface area contributed by atoms with Gasteiger partial charge in [0.2, 0.25) is 5.91 Å². The van der Waals surface area contributed by atoms with Crippen molar-refractivity contribution in [2.24, 2.45) is 0 Å². The molecule has 3 nitrogen and oxygen atoms in total. The fraction of sp³-hybridized carbons (Fsp3) is 0.462. The summed E-state index contributed by atoms with van der Waals surface area (Å²) < 4.78 is 12.9. The lowest BCUT2D eigenvalue weighted by Crippen LogP contribution is -2.39. The molecule has 0 radical (unpaired) electrons. The summed E-state index contributed by atoms with van der Waals surface area (Å²) in [6.45, 7) is 0.856. The molecule has 98 valence electrons. The fourth-order valence-electron chi connectivity index (χ4n) is 2.06. The van der Waals surface area contributed by atoms with E-state index in [0.29, 0.717) is 5.69 Å². The normalized spacial score (nSPS) is 20.2. The van der Waals surface area contributed by atoms with E-state index in [2.05, 4.69) is 10.6 Å². The van der Waals surface area contributed by atoms with E-state index in [1.807, 2.05) is 0 Å². The van der Waals surface area contributed by atoms with Crippen molar-refractivity contribution in [2.45, 2.75) is 31.7 Å². The number of carbonyl (C=O) groups excluding carboxylic acids is 1. The molecule has 1 aromatic carbocycles. The Balaban J connectivity index is 2.01. The second-order valence-electron chi connectivity index (χ2n) is 4.47. The first-order valence-corrected chi connectivity index (χ1v) is 6.54. The third-order valence-electron chi connectivity index (χ3n) is 3.07. The highest BCUT2D eigenvalue weighted by Gasteiger charge is 2.20. The maximum Gasteiger partial charge on any atom is 0.241 e. The van der Waals surface area contributed by atoms with Crippen LogP contribution in [0.2, 0.25) is 5.02 Å². The van der Waals surface area contributed by atoms with Gasteiger partial charge in [0.05, 0.1) is 16.8 Å². The summed E-state index contributed by atoms with van der Waals surface area (Å²) in [5, 5.41) is 6.16. The second-order valence-corrected chi connectivity index (χ2v) is 4.88. The topological polar surface area (TPSA) is 41.1 Å². The lowest BCUT2D eigenvalue weighted by molar-refractivity contribution is -0.118. The number of nitrogens with one attached hydrogen (secondary N) is 2. The first kappa shape index (κ1) is 13.3. The molecule has 0 aromatic heterocycles. The lowest BCUT2D eigenvalue weighted by Gasteiger charge is -2.16. The van der Waals surface area contributed by atoms with Crippen molar-refractivity contribution in [1.29, 1.82) is 0 Å². The van der Waals surface area contributed by atoms with Crippen molar-refractivity contribution in [1.82, 2.24) is 5.32 Å². The van der Waals surface area contributed by atoms with Crippen LogP contribution in [-0.4, -0.2) is 18.5 Å². The summed E-state index contributed by atoms with van der Waals surface area (Å²) in [6.07, 6.45) is 4.11. The van der Waals surface area contributed by atoms with Gasteiger partial charge in [-0.25, -0.2) is 4.39 Å². The number of carbonyl (C=O) groups is 1. The van der Waals surface area contributed by atoms with Crippen LogP contribution in [-0.2, 0) is 4.79 Å². The highest BCUT2D eigenvalue weighted by molar-refractivity contribution is 6.33. The molecule has 1 fully saturated rings. The summed E-state index contributed by atoms with van der Waals surface area (Å²) >= 11 is 5.87. The molecule has 0 spiro atoms. The Hall–Kier alpha value is -1.13. The van der Waals surface area contributed by atoms with Gasteiger partial charge in [0.1, 0.15) is 5.82 Å². The van der Waals surface area contributed by atoms with Crippen molar-refractivity contribution in [3.8, 4) is 0 Å². The largest absolute Gasteiger partial charge is 0.323 e. The highest BCUT2D eigenvalue weighted by atomic mass is 35.5. The number of halogens is 2. The average molecular weight is 271 g/mol. The van der Waals surface area contributed by atoms with E-state index < -0.39 is 5.82 Å². The quantitative estimate of drug-likeness (QED) is 0.868. The third kappa shape index (κ3) is 3.43. The van der Waals surface area contributed by atoms with Crippen molar-refractivity contribution >= 4 is 23.2 Å². The van der Waals surface area contributed by atoms with Gasteiger partial charge in [-0.15, -0.1) is 0 Å². The second kappa shape index (κ2) is 6.16. The monoisotopic (exact) mass is 270 g/mol. The number of hydrogen-bond donors (Lipinski definition) is 2. The van der Waals surface area contributed by atoms with Gasteiger partial charge in [-0.05, 0) is 37.6 Å². The number of rotatable bonds is 2. The molecular weight excluding hydrogens is 255 g/mol. The molecule has 1 aliphatic heterocycles. The molecule has 18 heavy (non-hydrogen) atoms. The van der Waals surface area contributed by atoms with Crippen LogP contribution in [0.5, 0.6) is 0 Å². The molecule has 1 unspecified atom stereocenters. The van der Waals surface area contributed by atoms with Gasteiger partial charge in [0.15, 0.2) is 0 Å². The van der Waals surface area contributed by atoms with Gasteiger partial charge >= 0.3 is 0 Å². The number of anilines is 1. The zero-order valence-corrected chi connectivity index (χ0v) is 10.8. The predicted octanol–water partition coefficient (Wildman–Crippen LogP) is 2.95. The minimum atomic E-state index is -0.411. The van der Waals surface area contributed by atoms with Crippen LogP contribution in [0.15, 0.2) is 18.2 Å². The van der Waals surface area contributed by atoms with E-state index >= 15 is 0 Å². The van der Waals surface area contributed by atoms with Gasteiger partial charge in [-0.1, -0.05) is 24.4 Å². The third-order valence-corrected chi connectivity index (χ3v) is 3.38. The average Bonchev–Trinajstić information content (AvgIpc) is 2.61. The van der Waals surface area contributed by atoms with Gasteiger partial charge in [-0.2, -0.15) is 0 Å². The molecular formula is C13H16ClFN2O. The van der Waals surface area contributed by atoms with Gasteiger partial charge < -0.3 is 10.6 Å². The molecule has 1 atom stereocenters. The van der Waals surface area contributed by atoms with Crippen molar-refractivity contribution in [3.05, 3.63) is 29.0 Å². The zero-order chi connectivity index (χ0) is 13.0. The van der Waals surface area contributed by atoms with E-state index in [9.17, 15) is 9.18 Å². The molecule has 0 bridgehead atoms. The number of amides is 1. The molecule has 2 N–H and O–H groups in total. The van der Waals surface area contributed by atoms with Gasteiger partial charge in [0, 0.05) is 0 Å². The molecule has 1 aromatic rings. The number of hydrogen-bond acceptors (Lipinski definition) is 2. The Bertz CT molecular complexity index is 431. The molecule has 1 heterocycles. The fourth-order valence-corrected chi connectivity index (χ4v) is 2.28. The lowest BCUT2D eigenvalue weighted by atomic mass is 10.1. The SMILES string of the molecule is O=C(Nc1ccc(F)cc1Cl)C1CCCCCN1. The van der Waals surface area contributed by atoms with E-state index in [-0.39, 0.29) is 17.0 Å². The summed E-state index contributed by atoms with van der Waals surface area (Å²) in [5.41, 5.74) is 0.453. The zero-order valence-electron chi connectivity index (χ0n) is 10.0. The Kier molecular flexibility index (Phi) is 4.55. The Morgan fingerprint density at radius 2 is 2.22 bits per heavy atom. The Labute approximate surface area is 111 Å². The first-order valence-electron chi connectivity index (χ1n) is 6.16. The van der Waals surface area contributed by atoms with Crippen LogP contribution in [0.4, 0.5) is 10.1 Å². The maximum atomic E-state index is 12.9. The van der Waals surface area contributed by atoms with Crippen LogP contribution in [0.3, 0.4) is 0 Å². The highest BCUT2D eigenvalue weighted by Crippen LogP contribution is 2.23. The number of benzene rings is 1. The van der Waals surface area contributed by atoms with E-state index in [0.717, 1.165) is 32.2 Å². The maximum absolute atomic E-state index is 12.9. The molecule has 1 aliphatic rings. The van der Waals surface area contributed by atoms with Crippen molar-refractivity contribution < 1.29 is 9.18 Å². The predicted molar refractivity (Wildman–Crippen MR) is 70.3 cm³/mol. The van der Waals surface area contributed by atoms with Crippen LogP contribution in [0.25, 0.3) is 0 Å². The van der Waals surface area contributed by atoms with E-state index in [1.54, 1.807) is 0 Å². The molecule has 0 saturated carbocycles. The molecule has 0 aliphatic carbocycles. The first-order chi connectivity index (χ1) is 8.66. The smallest absolute Gasteiger partial charge is 0.241 e. The van der Waals surface area contributed by atoms with Crippen molar-refractivity contribution in [3.63, 3.8) is 0 Å². The van der Waals surface area contributed by atoms with Crippen LogP contribution in [0.1, 0.15) is 25.7 Å². The van der Waals surface area contributed by atoms with Crippen molar-refractivity contribution in [2.75, 3.05) is 11.9 Å². The minimum absolute atomic E-state index is 0.106. The van der Waals surface area contributed by atoms with Gasteiger partial charge in [-0.3, -0.25) is 4.79 Å². The Morgan fingerprint density at radius 3 is 3.00 bits per heavy atom. The van der Waals surface area contributed by atoms with Crippen LogP contribution >= 0.6 is 11.6 Å². The molecule has 1 amide bonds. The molecule has 1 saturated heterocycles. The summed E-state index contributed by atoms with van der Waals surface area (Å²) in [7, 11) is 0. The molecule has 5 heteroatoms. The Morgan fingerprint density at radius 1 is 1.39 bits per heavy atom. The summed E-state index contributed by atoms with van der Waals surface area (Å²) in [6, 6.07) is 3.76. The van der Waals surface area contributed by atoms with E-state index in [1.165, 1.54) is 18.2 Å². The summed E-state index contributed by atoms with van der Waals surface area (Å²) in [4.78, 5) is 12.0. The standard InChI is InChI=1S/C13H16ClFN2O/c14-10-8-9(15)5-6-11(10)17-13(18)12-4-2-1-3-7-16-12/h5-6,8,12,16H,1-4,7H2,(H,17,18). The van der Waals surface area contributed by atoms with Crippen LogP contribution < -0.4 is 10.6 Å². The summed E-state index contributed by atoms with van der Waals surface area (Å²) in [5.74, 6) is -0.518. The minimum Gasteiger partial charge on any atom is -0.323 e.